The summed E-state index contributed by atoms with van der Waals surface area (Å²) in [5, 5.41) is 9.80. The van der Waals surface area contributed by atoms with Crippen LogP contribution in [0.4, 0.5) is 4.79 Å². The van der Waals surface area contributed by atoms with Crippen molar-refractivity contribution < 1.29 is 19.0 Å². The molecule has 182 valence electrons. The van der Waals surface area contributed by atoms with Crippen LogP contribution in [0.2, 0.25) is 0 Å². The van der Waals surface area contributed by atoms with E-state index in [1.165, 1.54) is 0 Å². The number of hydrogen-bond acceptors (Lipinski definition) is 7. The summed E-state index contributed by atoms with van der Waals surface area (Å²) >= 11 is 4.70. The normalized spacial score (nSPS) is 23.1. The topological polar surface area (TPSA) is 72.4 Å². The molecule has 2 atom stereocenters. The fraction of sp³-hybridized carbons (Fsp3) is 0.185. The van der Waals surface area contributed by atoms with E-state index in [4.69, 9.17) is 19.3 Å². The molecule has 0 aromatic heterocycles. The first-order valence-electron chi connectivity index (χ1n) is 11.4. The van der Waals surface area contributed by atoms with Crippen LogP contribution in [-0.4, -0.2) is 36.0 Å². The van der Waals surface area contributed by atoms with Crippen molar-refractivity contribution in [3.8, 4) is 17.2 Å². The van der Waals surface area contributed by atoms with Gasteiger partial charge in [0.25, 0.3) is 5.24 Å². The monoisotopic (exact) mass is 563 g/mol. The van der Waals surface area contributed by atoms with Gasteiger partial charge in [0.15, 0.2) is 11.5 Å². The predicted molar refractivity (Wildman–Crippen MR) is 143 cm³/mol. The van der Waals surface area contributed by atoms with Crippen LogP contribution in [0.25, 0.3) is 6.08 Å². The third-order valence-electron chi connectivity index (χ3n) is 6.44. The number of rotatable bonds is 4. The van der Waals surface area contributed by atoms with Crippen LogP contribution in [-0.2, 0) is 0 Å². The lowest BCUT2D eigenvalue weighted by molar-refractivity contribution is -0.0949. The summed E-state index contributed by atoms with van der Waals surface area (Å²) in [6, 6.07) is 21.5. The smallest absolute Gasteiger partial charge is 0.314 e. The van der Waals surface area contributed by atoms with E-state index in [1.807, 2.05) is 59.6 Å². The van der Waals surface area contributed by atoms with Gasteiger partial charge in [0, 0.05) is 16.5 Å². The molecule has 3 aliphatic heterocycles. The average Bonchev–Trinajstić information content (AvgIpc) is 3.48. The van der Waals surface area contributed by atoms with Crippen molar-refractivity contribution in [3.63, 3.8) is 0 Å². The first-order chi connectivity index (χ1) is 17.5. The maximum absolute atomic E-state index is 12.9. The number of benzene rings is 3. The molecule has 9 heteroatoms. The highest BCUT2D eigenvalue weighted by atomic mass is 79.9. The van der Waals surface area contributed by atoms with Crippen LogP contribution >= 0.6 is 27.7 Å². The molecule has 0 radical (unpaired) electrons. The molecular weight excluding hydrogens is 542 g/mol. The van der Waals surface area contributed by atoms with Crippen molar-refractivity contribution in [1.82, 2.24) is 10.3 Å². The number of amides is 1. The summed E-state index contributed by atoms with van der Waals surface area (Å²) in [6.07, 6.45) is 2.62. The Labute approximate surface area is 221 Å². The third-order valence-corrected chi connectivity index (χ3v) is 7.84. The highest BCUT2D eigenvalue weighted by molar-refractivity contribution is 9.10. The lowest BCUT2D eigenvalue weighted by atomic mass is 9.95. The Bertz CT molecular complexity index is 1430. The van der Waals surface area contributed by atoms with Crippen molar-refractivity contribution in [2.45, 2.75) is 18.3 Å². The maximum Gasteiger partial charge on any atom is 0.314 e. The summed E-state index contributed by atoms with van der Waals surface area (Å²) < 4.78 is 18.4. The number of thioether (sulfide) groups is 1. The molecule has 1 saturated heterocycles. The van der Waals surface area contributed by atoms with Crippen LogP contribution in [0.5, 0.6) is 17.2 Å². The molecule has 3 aromatic rings. The first kappa shape index (κ1) is 23.0. The molecule has 2 unspecified atom stereocenters. The van der Waals surface area contributed by atoms with E-state index in [2.05, 4.69) is 39.4 Å². The molecule has 3 heterocycles. The highest BCUT2D eigenvalue weighted by Gasteiger charge is 2.58. The molecular formula is C27H22BrN3O4S. The van der Waals surface area contributed by atoms with Crippen LogP contribution in [0.15, 0.2) is 81.2 Å². The first-order valence-corrected chi connectivity index (χ1v) is 13.0. The van der Waals surface area contributed by atoms with E-state index >= 15 is 0 Å². The third kappa shape index (κ3) is 3.74. The number of halogens is 1. The molecule has 3 aromatic carbocycles. The van der Waals surface area contributed by atoms with Gasteiger partial charge in [-0.3, -0.25) is 10.1 Å². The number of fused-ring (bicyclic) bond motifs is 4. The summed E-state index contributed by atoms with van der Waals surface area (Å²) in [5.74, 6) is 0.681. The molecule has 0 saturated carbocycles. The second-order valence-corrected chi connectivity index (χ2v) is 10.5. The minimum Gasteiger partial charge on any atom is -0.493 e. The largest absolute Gasteiger partial charge is 0.493 e. The van der Waals surface area contributed by atoms with Gasteiger partial charge in [0.05, 0.1) is 30.9 Å². The van der Waals surface area contributed by atoms with Gasteiger partial charge in [0.2, 0.25) is 0 Å². The Kier molecular flexibility index (Phi) is 5.69. The van der Waals surface area contributed by atoms with Crippen LogP contribution in [0.1, 0.15) is 29.2 Å². The second-order valence-electron chi connectivity index (χ2n) is 8.54. The number of nitrogens with one attached hydrogen (secondary N) is 1. The second kappa shape index (κ2) is 8.90. The zero-order chi connectivity index (χ0) is 24.9. The number of hydrogen-bond donors (Lipinski definition) is 1. The van der Waals surface area contributed by atoms with Crippen LogP contribution < -0.4 is 19.5 Å². The average molecular weight is 564 g/mol. The Morgan fingerprint density at radius 2 is 1.92 bits per heavy atom. The quantitative estimate of drug-likeness (QED) is 0.409. The van der Waals surface area contributed by atoms with Crippen molar-refractivity contribution in [2.24, 2.45) is 5.10 Å². The van der Waals surface area contributed by atoms with Gasteiger partial charge in [-0.2, -0.15) is 5.10 Å². The molecule has 1 amide bonds. The van der Waals surface area contributed by atoms with E-state index in [1.54, 1.807) is 14.2 Å². The van der Waals surface area contributed by atoms with Gasteiger partial charge in [-0.25, -0.2) is 5.01 Å². The van der Waals surface area contributed by atoms with E-state index in [0.29, 0.717) is 28.6 Å². The molecule has 0 bridgehead atoms. The van der Waals surface area contributed by atoms with E-state index in [0.717, 1.165) is 38.6 Å². The van der Waals surface area contributed by atoms with Gasteiger partial charge >= 0.3 is 5.85 Å². The number of carbonyl (C=O) groups excluding carboxylic acids is 1. The molecule has 0 aliphatic carbocycles. The zero-order valence-electron chi connectivity index (χ0n) is 19.5. The minimum absolute atomic E-state index is 0.116. The van der Waals surface area contributed by atoms with Crippen molar-refractivity contribution >= 4 is 44.7 Å². The predicted octanol–water partition coefficient (Wildman–Crippen LogP) is 6.16. The Balaban J connectivity index is 1.50. The number of ether oxygens (including phenoxy) is 3. The van der Waals surface area contributed by atoms with E-state index in [-0.39, 0.29) is 11.3 Å². The van der Waals surface area contributed by atoms with Gasteiger partial charge in [-0.15, -0.1) is 0 Å². The SMILES string of the molecule is COc1ccc(/C=C2\SC(=O)NC23Oc2ccc(Br)cc2C2CC(c4ccccc4)=NN23)cc1OC. The summed E-state index contributed by atoms with van der Waals surface area (Å²) in [7, 11) is 3.20. The summed E-state index contributed by atoms with van der Waals surface area (Å²) in [6.45, 7) is 0. The minimum atomic E-state index is -1.27. The van der Waals surface area contributed by atoms with E-state index in [9.17, 15) is 4.79 Å². The summed E-state index contributed by atoms with van der Waals surface area (Å²) in [5.41, 5.74) is 3.84. The highest BCUT2D eigenvalue weighted by Crippen LogP contribution is 2.53. The lowest BCUT2D eigenvalue weighted by Crippen LogP contribution is -2.61. The zero-order valence-corrected chi connectivity index (χ0v) is 21.9. The van der Waals surface area contributed by atoms with Crippen molar-refractivity contribution in [2.75, 3.05) is 14.2 Å². The maximum atomic E-state index is 12.9. The van der Waals surface area contributed by atoms with Gasteiger partial charge in [-0.05, 0) is 59.3 Å². The Morgan fingerprint density at radius 1 is 1.11 bits per heavy atom. The molecule has 3 aliphatic rings. The number of nitrogens with zero attached hydrogens (tertiary/aromatic N) is 2. The number of methoxy groups -OCH3 is 2. The molecule has 1 N–H and O–H groups in total. The lowest BCUT2D eigenvalue weighted by Gasteiger charge is -2.45. The molecule has 7 nitrogen and oxygen atoms in total. The van der Waals surface area contributed by atoms with Gasteiger partial charge in [-0.1, -0.05) is 52.3 Å². The molecule has 36 heavy (non-hydrogen) atoms. The molecule has 1 spiro atoms. The van der Waals surface area contributed by atoms with E-state index < -0.39 is 5.85 Å². The van der Waals surface area contributed by atoms with Crippen LogP contribution in [0.3, 0.4) is 0 Å². The fourth-order valence-electron chi connectivity index (χ4n) is 4.79. The summed E-state index contributed by atoms with van der Waals surface area (Å²) in [4.78, 5) is 13.5. The number of hydrazone groups is 1. The number of carbonyl (C=O) groups is 1. The van der Waals surface area contributed by atoms with Crippen molar-refractivity contribution in [1.29, 1.82) is 0 Å². The fourth-order valence-corrected chi connectivity index (χ4v) is 6.08. The van der Waals surface area contributed by atoms with Crippen LogP contribution in [0, 0.1) is 0 Å². The van der Waals surface area contributed by atoms with Gasteiger partial charge < -0.3 is 14.2 Å². The standard InChI is InChI=1S/C27H22BrN3O4S/c1-33-23-10-8-16(12-24(23)34-2)13-25-27(29-26(32)36-25)31-21(19-14-18(28)9-11-22(19)35-27)15-20(30-31)17-6-4-3-5-7-17/h3-14,21H,15H2,1-2H3,(H,29,32)/b25-13-. The Hall–Kier alpha value is -3.43. The van der Waals surface area contributed by atoms with Crippen molar-refractivity contribution in [3.05, 3.63) is 92.8 Å². The molecule has 1 fully saturated rings. The Morgan fingerprint density at radius 3 is 2.69 bits per heavy atom. The van der Waals surface area contributed by atoms with Gasteiger partial charge in [0.1, 0.15) is 5.75 Å². The molecule has 6 rings (SSSR count).